The summed E-state index contributed by atoms with van der Waals surface area (Å²) in [4.78, 5) is 21.6. The summed E-state index contributed by atoms with van der Waals surface area (Å²) in [6, 6.07) is 10.7. The minimum atomic E-state index is -0.850. The first-order valence-corrected chi connectivity index (χ1v) is 6.43. The van der Waals surface area contributed by atoms with Crippen LogP contribution < -0.4 is 0 Å². The molecule has 22 heavy (non-hydrogen) atoms. The Balaban J connectivity index is 0.00000220. The van der Waals surface area contributed by atoms with Crippen molar-refractivity contribution in [1.29, 1.82) is 0 Å². The molecule has 1 atom stereocenters. The number of carbonyl (C=O) groups is 1. The molecule has 2 rings (SSSR count). The van der Waals surface area contributed by atoms with Gasteiger partial charge in [0.2, 0.25) is 0 Å². The van der Waals surface area contributed by atoms with Crippen LogP contribution in [0.15, 0.2) is 48.8 Å². The quantitative estimate of drug-likeness (QED) is 0.799. The van der Waals surface area contributed by atoms with E-state index in [2.05, 4.69) is 9.97 Å². The number of carboxylic acid groups (broad SMARTS) is 1. The van der Waals surface area contributed by atoms with E-state index in [1.165, 1.54) is 0 Å². The Labute approximate surface area is 146 Å². The zero-order valence-corrected chi connectivity index (χ0v) is 14.1. The Hall–Kier alpha value is -1.46. The molecule has 0 aliphatic carbocycles. The van der Waals surface area contributed by atoms with E-state index in [-0.39, 0.29) is 29.5 Å². The van der Waals surface area contributed by atoms with Gasteiger partial charge in [-0.1, -0.05) is 12.1 Å². The summed E-state index contributed by atoms with van der Waals surface area (Å²) in [5, 5.41) is 9.23. The fourth-order valence-corrected chi connectivity index (χ4v) is 1.89. The maximum Gasteiger partial charge on any atom is 2.00 e. The van der Waals surface area contributed by atoms with Crippen molar-refractivity contribution >= 4 is 18.4 Å². The molecule has 5 nitrogen and oxygen atoms in total. The second-order valence-corrected chi connectivity index (χ2v) is 4.56. The molecule has 0 saturated heterocycles. The largest absolute Gasteiger partial charge is 2.00 e. The molecule has 0 fully saturated rings. The summed E-state index contributed by atoms with van der Waals surface area (Å²) >= 11 is 0. The number of aromatic nitrogens is 2. The molecule has 0 aliphatic rings. The summed E-state index contributed by atoms with van der Waals surface area (Å²) in [6.07, 6.45) is 3.42. The molecule has 1 N–H and O–H groups in total. The summed E-state index contributed by atoms with van der Waals surface area (Å²) < 4.78 is 0. The monoisotopic (exact) mass is 362 g/mol. The maximum atomic E-state index is 11.2. The van der Waals surface area contributed by atoms with E-state index >= 15 is 0 Å². The first-order valence-electron chi connectivity index (χ1n) is 6.43. The van der Waals surface area contributed by atoms with Crippen molar-refractivity contribution in [2.75, 3.05) is 0 Å². The van der Waals surface area contributed by atoms with Gasteiger partial charge >= 0.3 is 23.0 Å². The average molecular weight is 363 g/mol. The van der Waals surface area contributed by atoms with Crippen LogP contribution in [-0.2, 0) is 35.0 Å². The second-order valence-electron chi connectivity index (χ2n) is 4.56. The average Bonchev–Trinajstić information content (AvgIpc) is 2.48. The number of halogens is 1. The Bertz CT molecular complexity index is 516. The van der Waals surface area contributed by atoms with Gasteiger partial charge in [-0.2, -0.15) is 0 Å². The molecule has 2 heterocycles. The van der Waals surface area contributed by atoms with Crippen molar-refractivity contribution in [3.8, 4) is 0 Å². The van der Waals surface area contributed by atoms with Gasteiger partial charge in [0.05, 0.1) is 11.4 Å². The van der Waals surface area contributed by atoms with Gasteiger partial charge < -0.3 is 5.11 Å². The summed E-state index contributed by atoms with van der Waals surface area (Å²) in [6.45, 7) is 2.63. The first-order chi connectivity index (χ1) is 9.66. The minimum absolute atomic E-state index is 0. The van der Waals surface area contributed by atoms with Crippen LogP contribution in [0.5, 0.6) is 0 Å². The number of aliphatic carboxylic acids is 1. The molecule has 0 spiro atoms. The molecule has 0 aromatic carbocycles. The van der Waals surface area contributed by atoms with Gasteiger partial charge in [0, 0.05) is 25.5 Å². The number of carboxylic acids is 1. The predicted octanol–water partition coefficient (Wildman–Crippen LogP) is 2.37. The molecule has 0 saturated carbocycles. The number of hydrogen-bond donors (Lipinski definition) is 1. The zero-order chi connectivity index (χ0) is 14.4. The maximum absolute atomic E-state index is 11.2. The Kier molecular flexibility index (Phi) is 9.61. The van der Waals surface area contributed by atoms with Crippen LogP contribution in [0.1, 0.15) is 18.3 Å². The van der Waals surface area contributed by atoms with Crippen LogP contribution >= 0.6 is 12.4 Å². The van der Waals surface area contributed by atoms with Crippen molar-refractivity contribution in [2.24, 2.45) is 0 Å². The van der Waals surface area contributed by atoms with Gasteiger partial charge in [-0.3, -0.25) is 19.7 Å². The van der Waals surface area contributed by atoms with E-state index in [4.69, 9.17) is 0 Å². The van der Waals surface area contributed by atoms with Gasteiger partial charge in [0.25, 0.3) is 0 Å². The van der Waals surface area contributed by atoms with E-state index in [1.807, 2.05) is 41.3 Å². The molecule has 2 aromatic rings. The molecule has 0 amide bonds. The topological polar surface area (TPSA) is 66.3 Å². The zero-order valence-electron chi connectivity index (χ0n) is 12.1. The van der Waals surface area contributed by atoms with Crippen molar-refractivity contribution in [3.63, 3.8) is 0 Å². The van der Waals surface area contributed by atoms with Crippen molar-refractivity contribution in [3.05, 3.63) is 60.2 Å². The molecule has 0 bridgehead atoms. The molecule has 117 valence electrons. The fraction of sp³-hybridized carbons (Fsp3) is 0.267. The van der Waals surface area contributed by atoms with Crippen LogP contribution in [0.2, 0.25) is 0 Å². The van der Waals surface area contributed by atoms with Crippen molar-refractivity contribution < 1.29 is 27.0 Å². The van der Waals surface area contributed by atoms with E-state index in [1.54, 1.807) is 19.3 Å². The molecule has 7 heteroatoms. The molecule has 1 unspecified atom stereocenters. The predicted molar refractivity (Wildman–Crippen MR) is 82.1 cm³/mol. The van der Waals surface area contributed by atoms with Gasteiger partial charge in [0.15, 0.2) is 0 Å². The van der Waals surface area contributed by atoms with Crippen LogP contribution in [0, 0.1) is 0 Å². The molecular formula is C15H18ClMnN3O2+2. The van der Waals surface area contributed by atoms with Crippen LogP contribution in [-0.4, -0.2) is 32.0 Å². The van der Waals surface area contributed by atoms with Gasteiger partial charge in [0.1, 0.15) is 6.04 Å². The third kappa shape index (κ3) is 6.12. The van der Waals surface area contributed by atoms with Crippen molar-refractivity contribution in [1.82, 2.24) is 14.9 Å². The van der Waals surface area contributed by atoms with E-state index in [0.717, 1.165) is 11.4 Å². The van der Waals surface area contributed by atoms with Gasteiger partial charge in [-0.05, 0) is 31.2 Å². The van der Waals surface area contributed by atoms with Crippen LogP contribution in [0.3, 0.4) is 0 Å². The molecule has 1 radical (unpaired) electrons. The number of nitrogens with zero attached hydrogens (tertiary/aromatic N) is 3. The second kappa shape index (κ2) is 10.3. The fourth-order valence-electron chi connectivity index (χ4n) is 1.89. The molecule has 0 aliphatic heterocycles. The Morgan fingerprint density at radius 1 is 1.09 bits per heavy atom. The van der Waals surface area contributed by atoms with Gasteiger partial charge in [-0.25, -0.2) is 0 Å². The van der Waals surface area contributed by atoms with E-state index < -0.39 is 12.0 Å². The summed E-state index contributed by atoms with van der Waals surface area (Å²) in [5.74, 6) is -0.850. The Morgan fingerprint density at radius 2 is 1.55 bits per heavy atom. The normalized spacial score (nSPS) is 11.2. The third-order valence-electron chi connectivity index (χ3n) is 3.09. The third-order valence-corrected chi connectivity index (χ3v) is 3.09. The van der Waals surface area contributed by atoms with Gasteiger partial charge in [-0.15, -0.1) is 12.4 Å². The number of rotatable bonds is 6. The SMILES string of the molecule is CC(C(=O)O)N(Cc1ccccn1)Cc1ccccn1.Cl.[Mn+2]. The molecule has 2 aromatic heterocycles. The molecular weight excluding hydrogens is 345 g/mol. The van der Waals surface area contributed by atoms with Crippen LogP contribution in [0.25, 0.3) is 0 Å². The standard InChI is InChI=1S/C15H17N3O2.ClH.Mn/c1-12(15(19)20)18(10-13-6-2-4-8-16-13)11-14-7-3-5-9-17-14;;/h2-9,12H,10-11H2,1H3,(H,19,20);1H;/q;;+2. The summed E-state index contributed by atoms with van der Waals surface area (Å²) in [5.41, 5.74) is 1.69. The van der Waals surface area contributed by atoms with Crippen molar-refractivity contribution in [2.45, 2.75) is 26.1 Å². The van der Waals surface area contributed by atoms with E-state index in [9.17, 15) is 9.90 Å². The minimum Gasteiger partial charge on any atom is -0.480 e. The van der Waals surface area contributed by atoms with E-state index in [0.29, 0.717) is 13.1 Å². The van der Waals surface area contributed by atoms with Crippen LogP contribution in [0.4, 0.5) is 0 Å². The Morgan fingerprint density at radius 3 is 1.86 bits per heavy atom. The smallest absolute Gasteiger partial charge is 0.480 e. The number of hydrogen-bond acceptors (Lipinski definition) is 4. The first kappa shape index (κ1) is 20.5. The summed E-state index contributed by atoms with van der Waals surface area (Å²) in [7, 11) is 0. The number of pyridine rings is 2.